The van der Waals surface area contributed by atoms with Gasteiger partial charge in [-0.05, 0) is 25.5 Å². The maximum atomic E-state index is 11.2. The number of hydrogen-bond acceptors (Lipinski definition) is 4. The van der Waals surface area contributed by atoms with Crippen LogP contribution in [-0.2, 0) is 16.3 Å². The first kappa shape index (κ1) is 22.0. The number of furan rings is 1. The quantitative estimate of drug-likeness (QED) is 0.258. The second-order valence-corrected chi connectivity index (χ2v) is 7.45. The van der Waals surface area contributed by atoms with E-state index in [0.717, 1.165) is 5.76 Å². The summed E-state index contributed by atoms with van der Waals surface area (Å²) in [4.78, 5) is 4.46. The van der Waals surface area contributed by atoms with Gasteiger partial charge in [0, 0.05) is 31.8 Å². The van der Waals surface area contributed by atoms with E-state index in [1.54, 1.807) is 12.3 Å². The Kier molecular flexibility index (Phi) is 11.0. The normalized spacial score (nSPS) is 13.0. The van der Waals surface area contributed by atoms with Gasteiger partial charge in [0.2, 0.25) is 0 Å². The number of hydrogen-bond donors (Lipinski definition) is 2. The van der Waals surface area contributed by atoms with Crippen molar-refractivity contribution >= 4 is 39.8 Å². The number of halogens is 1. The van der Waals surface area contributed by atoms with Crippen molar-refractivity contribution in [3.8, 4) is 0 Å². The molecule has 1 aromatic rings. The van der Waals surface area contributed by atoms with Crippen LogP contribution in [0.2, 0.25) is 0 Å². The monoisotopic (exact) mass is 455 g/mol. The van der Waals surface area contributed by atoms with Gasteiger partial charge in [-0.2, -0.15) is 0 Å². The van der Waals surface area contributed by atoms with Gasteiger partial charge in [-0.25, -0.2) is 8.42 Å². The highest BCUT2D eigenvalue weighted by molar-refractivity contribution is 14.0. The van der Waals surface area contributed by atoms with E-state index in [0.29, 0.717) is 31.9 Å². The summed E-state index contributed by atoms with van der Waals surface area (Å²) in [5, 5.41) is 6.32. The number of rotatable bonds is 9. The molecule has 1 atom stereocenters. The Bertz CT molecular complexity index is 571. The van der Waals surface area contributed by atoms with Gasteiger partial charge in [-0.1, -0.05) is 6.08 Å². The molecule has 0 aromatic carbocycles. The van der Waals surface area contributed by atoms with Crippen LogP contribution in [0.4, 0.5) is 0 Å². The molecule has 1 heterocycles. The third-order valence-electron chi connectivity index (χ3n) is 2.93. The van der Waals surface area contributed by atoms with Crippen molar-refractivity contribution in [1.82, 2.24) is 10.6 Å². The fourth-order valence-corrected chi connectivity index (χ4v) is 2.53. The summed E-state index contributed by atoms with van der Waals surface area (Å²) in [6, 6.07) is 3.77. The summed E-state index contributed by atoms with van der Waals surface area (Å²) in [5.41, 5.74) is 0. The van der Waals surface area contributed by atoms with Gasteiger partial charge < -0.3 is 15.1 Å². The fraction of sp³-hybridized carbons (Fsp3) is 0.533. The number of guanidine groups is 1. The number of nitrogens with zero attached hydrogens (tertiary/aromatic N) is 1. The Balaban J connectivity index is 0.00000484. The zero-order valence-corrected chi connectivity index (χ0v) is 16.8. The van der Waals surface area contributed by atoms with Crippen molar-refractivity contribution in [1.29, 1.82) is 0 Å². The summed E-state index contributed by atoms with van der Waals surface area (Å²) < 4.78 is 27.7. The molecule has 2 N–H and O–H groups in total. The predicted molar refractivity (Wildman–Crippen MR) is 105 cm³/mol. The van der Waals surface area contributed by atoms with Gasteiger partial charge >= 0.3 is 0 Å². The molecule has 6 nitrogen and oxygen atoms in total. The first-order valence-electron chi connectivity index (χ1n) is 7.26. The van der Waals surface area contributed by atoms with E-state index in [9.17, 15) is 8.42 Å². The first-order chi connectivity index (χ1) is 10.4. The smallest absolute Gasteiger partial charge is 0.191 e. The minimum atomic E-state index is -2.95. The Labute approximate surface area is 155 Å². The highest BCUT2D eigenvalue weighted by Crippen LogP contribution is 2.01. The molecular formula is C15H26IN3O3S. The fourth-order valence-electron chi connectivity index (χ4n) is 1.75. The Hall–Kier alpha value is -1.03. The molecule has 132 valence electrons. The summed E-state index contributed by atoms with van der Waals surface area (Å²) >= 11 is 0. The lowest BCUT2D eigenvalue weighted by atomic mass is 10.3. The molecule has 0 saturated carbocycles. The highest BCUT2D eigenvalue weighted by Gasteiger charge is 2.09. The van der Waals surface area contributed by atoms with Crippen molar-refractivity contribution in [3.63, 3.8) is 0 Å². The van der Waals surface area contributed by atoms with Crippen LogP contribution in [0.25, 0.3) is 0 Å². The van der Waals surface area contributed by atoms with E-state index >= 15 is 0 Å². The van der Waals surface area contributed by atoms with Crippen LogP contribution in [-0.4, -0.2) is 45.5 Å². The van der Waals surface area contributed by atoms with E-state index in [2.05, 4.69) is 22.2 Å². The maximum absolute atomic E-state index is 11.2. The van der Waals surface area contributed by atoms with Crippen molar-refractivity contribution < 1.29 is 12.8 Å². The van der Waals surface area contributed by atoms with Gasteiger partial charge in [-0.15, -0.1) is 30.6 Å². The van der Waals surface area contributed by atoms with E-state index < -0.39 is 9.84 Å². The standard InChI is InChI=1S/C15H25N3O3S.HI/c1-4-9-16-15(17-10-7-14-6-5-11-21-14)18-13(2)8-12-22(3,19)20;/h4-6,11,13H,1,7-10,12H2,2-3H3,(H2,16,17,18);1H. The molecule has 0 aliphatic rings. The van der Waals surface area contributed by atoms with Crippen LogP contribution in [0.15, 0.2) is 40.5 Å². The number of nitrogens with one attached hydrogen (secondary N) is 2. The summed E-state index contributed by atoms with van der Waals surface area (Å²) in [6.07, 6.45) is 5.87. The van der Waals surface area contributed by atoms with E-state index in [1.807, 2.05) is 19.1 Å². The molecule has 0 aliphatic carbocycles. The lowest BCUT2D eigenvalue weighted by Crippen LogP contribution is -2.43. The second kappa shape index (κ2) is 11.5. The molecule has 0 fully saturated rings. The average molecular weight is 455 g/mol. The van der Waals surface area contributed by atoms with Crippen molar-refractivity contribution in [2.24, 2.45) is 4.99 Å². The highest BCUT2D eigenvalue weighted by atomic mass is 127. The van der Waals surface area contributed by atoms with E-state index in [-0.39, 0.29) is 35.8 Å². The van der Waals surface area contributed by atoms with E-state index in [4.69, 9.17) is 4.42 Å². The number of aliphatic imine (C=N–C) groups is 1. The number of sulfone groups is 1. The lowest BCUT2D eigenvalue weighted by molar-refractivity contribution is 0.510. The van der Waals surface area contributed by atoms with Gasteiger partial charge in [0.05, 0.1) is 12.0 Å². The lowest BCUT2D eigenvalue weighted by Gasteiger charge is -2.17. The minimum Gasteiger partial charge on any atom is -0.469 e. The molecule has 1 rings (SSSR count). The second-order valence-electron chi connectivity index (χ2n) is 5.19. The Morgan fingerprint density at radius 3 is 2.83 bits per heavy atom. The molecular weight excluding hydrogens is 429 g/mol. The maximum Gasteiger partial charge on any atom is 0.191 e. The van der Waals surface area contributed by atoms with Crippen LogP contribution in [0.1, 0.15) is 19.1 Å². The van der Waals surface area contributed by atoms with Gasteiger partial charge in [0.1, 0.15) is 15.6 Å². The van der Waals surface area contributed by atoms with Crippen LogP contribution in [0, 0.1) is 0 Å². The van der Waals surface area contributed by atoms with Crippen molar-refractivity contribution in [2.45, 2.75) is 25.8 Å². The largest absolute Gasteiger partial charge is 0.469 e. The topological polar surface area (TPSA) is 83.7 Å². The zero-order valence-electron chi connectivity index (χ0n) is 13.6. The first-order valence-corrected chi connectivity index (χ1v) is 9.32. The summed E-state index contributed by atoms with van der Waals surface area (Å²) in [7, 11) is -2.95. The zero-order chi connectivity index (χ0) is 16.4. The van der Waals surface area contributed by atoms with Crippen LogP contribution >= 0.6 is 24.0 Å². The van der Waals surface area contributed by atoms with Crippen molar-refractivity contribution in [3.05, 3.63) is 36.8 Å². The minimum absolute atomic E-state index is 0. The molecule has 1 aromatic heterocycles. The van der Waals surface area contributed by atoms with Gasteiger partial charge in [0.25, 0.3) is 0 Å². The van der Waals surface area contributed by atoms with Gasteiger partial charge in [0.15, 0.2) is 5.96 Å². The summed E-state index contributed by atoms with van der Waals surface area (Å²) in [5.74, 6) is 1.69. The third kappa shape index (κ3) is 11.2. The summed E-state index contributed by atoms with van der Waals surface area (Å²) in [6.45, 7) is 6.77. The molecule has 8 heteroatoms. The molecule has 0 bridgehead atoms. The van der Waals surface area contributed by atoms with E-state index in [1.165, 1.54) is 6.26 Å². The van der Waals surface area contributed by atoms with Crippen molar-refractivity contribution in [2.75, 3.05) is 25.1 Å². The molecule has 0 amide bonds. The molecule has 0 aliphatic heterocycles. The molecule has 23 heavy (non-hydrogen) atoms. The van der Waals surface area contributed by atoms with Crippen LogP contribution in [0.5, 0.6) is 0 Å². The SMILES string of the molecule is C=CCNC(=NCCc1ccco1)NC(C)CCS(C)(=O)=O.I. The third-order valence-corrected chi connectivity index (χ3v) is 3.90. The molecule has 1 unspecified atom stereocenters. The molecule has 0 saturated heterocycles. The molecule has 0 spiro atoms. The van der Waals surface area contributed by atoms with Crippen LogP contribution < -0.4 is 10.6 Å². The predicted octanol–water partition coefficient (Wildman–Crippen LogP) is 1.98. The van der Waals surface area contributed by atoms with Gasteiger partial charge in [-0.3, -0.25) is 4.99 Å². The Morgan fingerprint density at radius 1 is 1.52 bits per heavy atom. The Morgan fingerprint density at radius 2 is 2.26 bits per heavy atom. The van der Waals surface area contributed by atoms with Crippen LogP contribution in [0.3, 0.4) is 0 Å². The molecule has 0 radical (unpaired) electrons. The average Bonchev–Trinajstić information content (AvgIpc) is 2.95.